The number of anilines is 2. The molecule has 1 aliphatic heterocycles. The van der Waals surface area contributed by atoms with Gasteiger partial charge in [-0.2, -0.15) is 5.10 Å². The minimum atomic E-state index is -0.402. The van der Waals surface area contributed by atoms with Gasteiger partial charge < -0.3 is 14.6 Å². The summed E-state index contributed by atoms with van der Waals surface area (Å²) in [5.74, 6) is 1.47. The van der Waals surface area contributed by atoms with Gasteiger partial charge >= 0.3 is 6.03 Å². The summed E-state index contributed by atoms with van der Waals surface area (Å²) in [5, 5.41) is 6.66. The van der Waals surface area contributed by atoms with E-state index >= 15 is 0 Å². The second-order valence-corrected chi connectivity index (χ2v) is 6.87. The number of hydrogen-bond donors (Lipinski definition) is 2. The summed E-state index contributed by atoms with van der Waals surface area (Å²) in [6.07, 6.45) is 5.17. The molecule has 1 aromatic carbocycles. The number of aryl methyl sites for hydroxylation is 1. The smallest absolute Gasteiger partial charge is 0.339 e. The van der Waals surface area contributed by atoms with Gasteiger partial charge in [-0.15, -0.1) is 0 Å². The lowest BCUT2D eigenvalue weighted by atomic mass is 10.1. The zero-order chi connectivity index (χ0) is 17.6. The molecule has 0 bridgehead atoms. The third-order valence-corrected chi connectivity index (χ3v) is 4.94. The van der Waals surface area contributed by atoms with Gasteiger partial charge in [0.05, 0.1) is 6.21 Å². The van der Waals surface area contributed by atoms with Gasteiger partial charge in [-0.25, -0.2) is 10.2 Å². The number of furan rings is 1. The number of amides is 2. The quantitative estimate of drug-likeness (QED) is 0.582. The van der Waals surface area contributed by atoms with Gasteiger partial charge in [0.15, 0.2) is 5.88 Å². The van der Waals surface area contributed by atoms with E-state index in [1.165, 1.54) is 25.5 Å². The number of nitrogens with zero attached hydrogens (tertiary/aromatic N) is 2. The van der Waals surface area contributed by atoms with Gasteiger partial charge in [0.2, 0.25) is 0 Å². The minimum Gasteiger partial charge on any atom is -0.440 e. The van der Waals surface area contributed by atoms with Gasteiger partial charge in [-0.1, -0.05) is 15.9 Å². The van der Waals surface area contributed by atoms with Crippen molar-refractivity contribution in [1.82, 2.24) is 5.43 Å². The number of carbonyl (C=O) groups is 1. The molecule has 0 atom stereocenters. The lowest BCUT2D eigenvalue weighted by molar-refractivity contribution is 0.252. The van der Waals surface area contributed by atoms with Crippen molar-refractivity contribution < 1.29 is 9.21 Å². The number of nitrogens with one attached hydrogen (secondary N) is 2. The van der Waals surface area contributed by atoms with Crippen LogP contribution in [-0.4, -0.2) is 25.3 Å². The van der Waals surface area contributed by atoms with Crippen LogP contribution in [-0.2, 0) is 0 Å². The number of rotatable bonds is 4. The largest absolute Gasteiger partial charge is 0.440 e. The monoisotopic (exact) mass is 404 g/mol. The lowest BCUT2D eigenvalue weighted by Crippen LogP contribution is -2.28. The summed E-state index contributed by atoms with van der Waals surface area (Å²) in [6.45, 7) is 4.01. The number of piperidine rings is 1. The summed E-state index contributed by atoms with van der Waals surface area (Å²) in [5.41, 5.74) is 4.19. The number of carbonyl (C=O) groups excluding carboxylic acids is 1. The van der Waals surface area contributed by atoms with Crippen LogP contribution in [0.3, 0.4) is 0 Å². The third-order valence-electron chi connectivity index (χ3n) is 4.05. The molecular weight excluding hydrogens is 384 g/mol. The summed E-state index contributed by atoms with van der Waals surface area (Å²) in [4.78, 5) is 14.1. The van der Waals surface area contributed by atoms with Crippen LogP contribution in [0.4, 0.5) is 16.4 Å². The van der Waals surface area contributed by atoms with E-state index in [-0.39, 0.29) is 0 Å². The Labute approximate surface area is 155 Å². The van der Waals surface area contributed by atoms with E-state index in [4.69, 9.17) is 4.42 Å². The first-order valence-electron chi connectivity index (χ1n) is 8.33. The predicted octanol–water partition coefficient (Wildman–Crippen LogP) is 4.50. The van der Waals surface area contributed by atoms with Crippen LogP contribution in [0.1, 0.15) is 30.6 Å². The van der Waals surface area contributed by atoms with Gasteiger partial charge in [-0.3, -0.25) is 0 Å². The molecule has 132 valence electrons. The van der Waals surface area contributed by atoms with E-state index in [0.29, 0.717) is 11.4 Å². The van der Waals surface area contributed by atoms with Crippen molar-refractivity contribution in [2.45, 2.75) is 26.2 Å². The Balaban J connectivity index is 1.51. The molecule has 0 aliphatic carbocycles. The molecule has 25 heavy (non-hydrogen) atoms. The first kappa shape index (κ1) is 17.5. The fourth-order valence-electron chi connectivity index (χ4n) is 2.73. The molecule has 1 fully saturated rings. The maximum Gasteiger partial charge on any atom is 0.339 e. The van der Waals surface area contributed by atoms with E-state index in [1.54, 1.807) is 0 Å². The predicted molar refractivity (Wildman–Crippen MR) is 103 cm³/mol. The number of halogens is 1. The van der Waals surface area contributed by atoms with Crippen LogP contribution in [0.15, 0.2) is 44.3 Å². The second kappa shape index (κ2) is 8.20. The van der Waals surface area contributed by atoms with Crippen molar-refractivity contribution in [3.63, 3.8) is 0 Å². The molecule has 1 saturated heterocycles. The Morgan fingerprint density at radius 1 is 1.24 bits per heavy atom. The molecule has 1 aromatic heterocycles. The van der Waals surface area contributed by atoms with Gasteiger partial charge in [0.1, 0.15) is 5.76 Å². The van der Waals surface area contributed by atoms with E-state index in [0.717, 1.165) is 29.0 Å². The molecule has 0 radical (unpaired) electrons. The minimum absolute atomic E-state index is 0.402. The van der Waals surface area contributed by atoms with Crippen LogP contribution < -0.4 is 15.6 Å². The Morgan fingerprint density at radius 2 is 2.04 bits per heavy atom. The summed E-state index contributed by atoms with van der Waals surface area (Å²) in [6, 6.07) is 8.98. The van der Waals surface area contributed by atoms with Gasteiger partial charge in [0.25, 0.3) is 0 Å². The molecular formula is C18H21BrN4O2. The Hall–Kier alpha value is -2.28. The maximum atomic E-state index is 11.9. The molecule has 3 rings (SSSR count). The highest BCUT2D eigenvalue weighted by atomic mass is 79.9. The van der Waals surface area contributed by atoms with E-state index in [1.807, 2.05) is 37.3 Å². The van der Waals surface area contributed by atoms with E-state index < -0.39 is 6.03 Å². The number of benzene rings is 1. The highest BCUT2D eigenvalue weighted by Gasteiger charge is 2.13. The van der Waals surface area contributed by atoms with E-state index in [9.17, 15) is 4.79 Å². The van der Waals surface area contributed by atoms with Crippen LogP contribution in [0.25, 0.3) is 0 Å². The topological polar surface area (TPSA) is 69.9 Å². The first-order chi connectivity index (χ1) is 12.1. The van der Waals surface area contributed by atoms with Crippen molar-refractivity contribution in [2.75, 3.05) is 23.3 Å². The SMILES string of the molecule is Cc1cc(NC(=O)N/N=C/c2ccc(N3CCCCC3)o2)ccc1Br. The Bertz CT molecular complexity index is 766. The third kappa shape index (κ3) is 4.85. The summed E-state index contributed by atoms with van der Waals surface area (Å²) in [7, 11) is 0. The average molecular weight is 405 g/mol. The Kier molecular flexibility index (Phi) is 5.75. The fourth-order valence-corrected chi connectivity index (χ4v) is 2.98. The van der Waals surface area contributed by atoms with Crippen molar-refractivity contribution in [3.8, 4) is 0 Å². The molecule has 2 aromatic rings. The number of hydrogen-bond acceptors (Lipinski definition) is 4. The fraction of sp³-hybridized carbons (Fsp3) is 0.333. The van der Waals surface area contributed by atoms with Crippen molar-refractivity contribution in [2.24, 2.45) is 5.10 Å². The van der Waals surface area contributed by atoms with Gasteiger partial charge in [0, 0.05) is 29.3 Å². The van der Waals surface area contributed by atoms with Crippen molar-refractivity contribution in [1.29, 1.82) is 0 Å². The van der Waals surface area contributed by atoms with Crippen molar-refractivity contribution in [3.05, 3.63) is 46.1 Å². The molecule has 0 unspecified atom stereocenters. The van der Waals surface area contributed by atoms with E-state index in [2.05, 4.69) is 36.7 Å². The molecule has 2 heterocycles. The van der Waals surface area contributed by atoms with Crippen LogP contribution >= 0.6 is 15.9 Å². The van der Waals surface area contributed by atoms with Crippen LogP contribution in [0.2, 0.25) is 0 Å². The molecule has 2 N–H and O–H groups in total. The normalized spacial score (nSPS) is 14.7. The van der Waals surface area contributed by atoms with Crippen LogP contribution in [0, 0.1) is 6.92 Å². The summed E-state index contributed by atoms with van der Waals surface area (Å²) >= 11 is 3.43. The molecule has 6 nitrogen and oxygen atoms in total. The maximum absolute atomic E-state index is 11.9. The lowest BCUT2D eigenvalue weighted by Gasteiger charge is -2.25. The molecule has 0 spiro atoms. The summed E-state index contributed by atoms with van der Waals surface area (Å²) < 4.78 is 6.75. The standard InChI is InChI=1S/C18H21BrN4O2/c1-13-11-14(5-7-16(13)19)21-18(24)22-20-12-15-6-8-17(25-15)23-9-3-2-4-10-23/h5-8,11-12H,2-4,9-10H2,1H3,(H2,21,22,24)/b20-12+. The second-order valence-electron chi connectivity index (χ2n) is 6.01. The first-order valence-corrected chi connectivity index (χ1v) is 9.12. The van der Waals surface area contributed by atoms with Gasteiger partial charge in [-0.05, 0) is 56.0 Å². The number of urea groups is 1. The average Bonchev–Trinajstić information content (AvgIpc) is 3.08. The molecule has 1 aliphatic rings. The van der Waals surface area contributed by atoms with Crippen LogP contribution in [0.5, 0.6) is 0 Å². The zero-order valence-electron chi connectivity index (χ0n) is 14.1. The molecule has 7 heteroatoms. The molecule has 0 saturated carbocycles. The Morgan fingerprint density at radius 3 is 2.80 bits per heavy atom. The molecule has 2 amide bonds. The van der Waals surface area contributed by atoms with Crippen molar-refractivity contribution >= 4 is 39.7 Å². The number of hydrazone groups is 1. The highest BCUT2D eigenvalue weighted by Crippen LogP contribution is 2.22. The highest BCUT2D eigenvalue weighted by molar-refractivity contribution is 9.10. The zero-order valence-corrected chi connectivity index (χ0v) is 15.7.